The van der Waals surface area contributed by atoms with Crippen LogP contribution in [0.3, 0.4) is 0 Å². The molecule has 0 saturated carbocycles. The van der Waals surface area contributed by atoms with E-state index in [0.717, 1.165) is 0 Å². The number of rotatable bonds is 0. The Balaban J connectivity index is 0. The van der Waals surface area contributed by atoms with Crippen molar-refractivity contribution in [1.82, 2.24) is 0 Å². The number of hydrogen-bond donors (Lipinski definition) is 0. The van der Waals surface area contributed by atoms with E-state index in [4.69, 9.17) is 8.51 Å². The molecule has 0 N–H and O–H groups in total. The van der Waals surface area contributed by atoms with Gasteiger partial charge < -0.3 is 0 Å². The van der Waals surface area contributed by atoms with Crippen LogP contribution in [0.2, 0.25) is 0 Å². The van der Waals surface area contributed by atoms with Gasteiger partial charge in [-0.15, -0.1) is 0 Å². The third-order valence-electron chi connectivity index (χ3n) is 0. The zero-order valence-corrected chi connectivity index (χ0v) is 17.9. The Morgan fingerprint density at radius 3 is 1.43 bits per heavy atom. The van der Waals surface area contributed by atoms with Crippen molar-refractivity contribution >= 4 is 95.8 Å². The van der Waals surface area contributed by atoms with Gasteiger partial charge in [0.05, 0.1) is 0 Å². The Morgan fingerprint density at radius 2 is 1.43 bits per heavy atom. The van der Waals surface area contributed by atoms with Crippen LogP contribution >= 0.6 is 63.2 Å². The molecule has 0 bridgehead atoms. The summed E-state index contributed by atoms with van der Waals surface area (Å²) in [5.74, 6) is 0. The van der Waals surface area contributed by atoms with Crippen molar-refractivity contribution in [3.63, 3.8) is 0 Å². The van der Waals surface area contributed by atoms with Crippen molar-refractivity contribution in [2.45, 2.75) is 0 Å². The van der Waals surface area contributed by atoms with Crippen LogP contribution in [0.4, 0.5) is 0 Å². The average Bonchev–Trinajstić information content (AvgIpc) is 1.33. The second-order valence-electron chi connectivity index (χ2n) is 0.263. The SMILES string of the molecule is [Br][Bi]([Br])[Br].[Cl][BiH][I]. The van der Waals surface area contributed by atoms with Crippen molar-refractivity contribution in [2.75, 3.05) is 0 Å². The van der Waals surface area contributed by atoms with Crippen LogP contribution < -0.4 is 0 Å². The first-order valence-electron chi connectivity index (χ1n) is 0.885. The summed E-state index contributed by atoms with van der Waals surface area (Å²) in [5.41, 5.74) is 0. The second-order valence-corrected chi connectivity index (χ2v) is 58.0. The maximum absolute atomic E-state index is 5.18. The zero-order valence-electron chi connectivity index (χ0n) is 2.84. The topological polar surface area (TPSA) is 0 Å². The summed E-state index contributed by atoms with van der Waals surface area (Å²) < 4.78 is 0. The molecule has 0 aliphatic carbocycles. The van der Waals surface area contributed by atoms with Gasteiger partial charge in [-0.2, -0.15) is 0 Å². The van der Waals surface area contributed by atoms with Gasteiger partial charge in [0.25, 0.3) is 0 Å². The Morgan fingerprint density at radius 1 is 1.43 bits per heavy atom. The van der Waals surface area contributed by atoms with E-state index < -0.39 is 32.6 Å². The summed E-state index contributed by atoms with van der Waals surface area (Å²) in [6.07, 6.45) is 0. The molecule has 0 atom stereocenters. The van der Waals surface area contributed by atoms with E-state index in [1.54, 1.807) is 0 Å². The van der Waals surface area contributed by atoms with Gasteiger partial charge in [0.1, 0.15) is 0 Å². The van der Waals surface area contributed by atoms with Gasteiger partial charge in [-0.1, -0.05) is 0 Å². The van der Waals surface area contributed by atoms with Gasteiger partial charge in [0.15, 0.2) is 0 Å². The Bertz CT molecular complexity index is 24.1. The van der Waals surface area contributed by atoms with Crippen molar-refractivity contribution in [2.24, 2.45) is 0 Å². The molecule has 0 spiro atoms. The van der Waals surface area contributed by atoms with Crippen LogP contribution in [0.25, 0.3) is 0 Å². The molecule has 0 rings (SSSR count). The summed E-state index contributed by atoms with van der Waals surface area (Å²) in [6, 6.07) is 0. The van der Waals surface area contributed by atoms with Crippen molar-refractivity contribution in [3.05, 3.63) is 0 Å². The molecule has 0 aliphatic heterocycles. The van der Waals surface area contributed by atoms with E-state index in [1.807, 2.05) is 0 Å². The molecule has 46 valence electrons. The molecule has 0 fully saturated rings. The predicted molar refractivity (Wildman–Crippen MR) is 59.6 cm³/mol. The van der Waals surface area contributed by atoms with Crippen molar-refractivity contribution in [1.29, 1.82) is 0 Å². The van der Waals surface area contributed by atoms with Crippen LogP contribution in [0.5, 0.6) is 0 Å². The molecule has 0 nitrogen and oxygen atoms in total. The standard InChI is InChI=1S/2Bi.3BrH.ClH.HI.H/h;;5*1H;/q+2;+3;;;;;;/p-5. The summed E-state index contributed by atoms with van der Waals surface area (Å²) in [5, 5.41) is 0. The molecule has 0 aromatic rings. The van der Waals surface area contributed by atoms with E-state index in [-0.39, 0.29) is 0 Å². The average molecular weight is 821 g/mol. The first-order valence-corrected chi connectivity index (χ1v) is 39.2. The second kappa shape index (κ2) is 12.9. The molecule has 0 aliphatic rings. The fourth-order valence-electron chi connectivity index (χ4n) is 0. The third kappa shape index (κ3) is 38.7. The number of hydrogen-bond acceptors (Lipinski definition) is 0. The molecule has 0 radical (unpaired) electrons. The van der Waals surface area contributed by atoms with Gasteiger partial charge in [0, 0.05) is 0 Å². The van der Waals surface area contributed by atoms with E-state index in [9.17, 15) is 0 Å². The summed E-state index contributed by atoms with van der Waals surface area (Å²) in [4.78, 5) is 0. The minimum absolute atomic E-state index is 0.474. The van der Waals surface area contributed by atoms with Gasteiger partial charge in [0.2, 0.25) is 0 Å². The molecule has 0 saturated heterocycles. The predicted octanol–water partition coefficient (Wildman–Crippen LogP) is 3.08. The van der Waals surface area contributed by atoms with Crippen molar-refractivity contribution < 1.29 is 0 Å². The summed E-state index contributed by atoms with van der Waals surface area (Å²) >= 11 is 10.5. The molecule has 7 heavy (non-hydrogen) atoms. The van der Waals surface area contributed by atoms with E-state index in [2.05, 4.69) is 54.7 Å². The van der Waals surface area contributed by atoms with Crippen LogP contribution in [0.1, 0.15) is 0 Å². The molecule has 0 unspecified atom stereocenters. The molecular weight excluding hydrogens is 820 g/mol. The third-order valence-corrected chi connectivity index (χ3v) is 0. The van der Waals surface area contributed by atoms with Crippen LogP contribution in [-0.4, -0.2) is 32.6 Å². The van der Waals surface area contributed by atoms with Crippen molar-refractivity contribution in [3.8, 4) is 0 Å². The van der Waals surface area contributed by atoms with Gasteiger partial charge in [-0.05, 0) is 0 Å². The summed E-state index contributed by atoms with van der Waals surface area (Å²) in [7, 11) is 5.18. The fraction of sp³-hybridized carbons (Fsp3) is 0. The Kier molecular flexibility index (Phi) is 25.3. The molecular formula is HBi2Br3ClI. The van der Waals surface area contributed by atoms with Crippen LogP contribution in [0.15, 0.2) is 0 Å². The van der Waals surface area contributed by atoms with Gasteiger partial charge in [-0.25, -0.2) is 0 Å². The molecule has 0 aromatic heterocycles. The molecule has 0 amide bonds. The number of halogens is 5. The Labute approximate surface area is 92.7 Å². The van der Waals surface area contributed by atoms with E-state index >= 15 is 0 Å². The van der Waals surface area contributed by atoms with Gasteiger partial charge >= 0.3 is 95.8 Å². The van der Waals surface area contributed by atoms with Crippen LogP contribution in [0, 0.1) is 0 Å². The van der Waals surface area contributed by atoms with Crippen LogP contribution in [-0.2, 0) is 0 Å². The Hall–Kier alpha value is 4.23. The van der Waals surface area contributed by atoms with E-state index in [1.165, 1.54) is 0 Å². The molecule has 0 aromatic carbocycles. The zero-order chi connectivity index (χ0) is 6.28. The fourth-order valence-corrected chi connectivity index (χ4v) is 0. The van der Waals surface area contributed by atoms with Gasteiger partial charge in [-0.3, -0.25) is 0 Å². The normalized spacial score (nSPS) is 7.71. The summed E-state index contributed by atoms with van der Waals surface area (Å²) in [6.45, 7) is 0. The maximum atomic E-state index is 5.18. The molecule has 7 heteroatoms. The molecule has 0 heterocycles. The first kappa shape index (κ1) is 13.8. The quantitative estimate of drug-likeness (QED) is 0.261. The monoisotopic (exact) mass is 818 g/mol. The minimum atomic E-state index is -1.16. The van der Waals surface area contributed by atoms with E-state index in [0.29, 0.717) is 0 Å². The first-order chi connectivity index (χ1) is 3.15.